The second kappa shape index (κ2) is 11.8. The molecule has 1 unspecified atom stereocenters. The van der Waals surface area contributed by atoms with Crippen LogP contribution in [0.5, 0.6) is 0 Å². The van der Waals surface area contributed by atoms with Gasteiger partial charge in [-0.05, 0) is 18.8 Å². The maximum absolute atomic E-state index is 10.0. The van der Waals surface area contributed by atoms with E-state index in [-0.39, 0.29) is 6.10 Å². The van der Waals surface area contributed by atoms with Crippen molar-refractivity contribution < 1.29 is 5.11 Å². The number of hydrogen-bond acceptors (Lipinski definition) is 1. The van der Waals surface area contributed by atoms with Crippen LogP contribution in [-0.2, 0) is 0 Å². The molecule has 1 aliphatic rings. The number of aliphatic hydroxyl groups excluding tert-OH is 1. The van der Waals surface area contributed by atoms with E-state index in [1.807, 2.05) is 0 Å². The zero-order valence-electron chi connectivity index (χ0n) is 13.2. The third-order valence-electron chi connectivity index (χ3n) is 4.72. The molecule has 0 heterocycles. The summed E-state index contributed by atoms with van der Waals surface area (Å²) in [5, 5.41) is 10.0. The molecule has 1 N–H and O–H groups in total. The molecule has 19 heavy (non-hydrogen) atoms. The van der Waals surface area contributed by atoms with Crippen LogP contribution < -0.4 is 0 Å². The minimum Gasteiger partial charge on any atom is -0.393 e. The summed E-state index contributed by atoms with van der Waals surface area (Å²) in [7, 11) is 0. The van der Waals surface area contributed by atoms with Crippen LogP contribution in [0.1, 0.15) is 103 Å². The fourth-order valence-corrected chi connectivity index (χ4v) is 3.44. The lowest BCUT2D eigenvalue weighted by Gasteiger charge is -2.15. The van der Waals surface area contributed by atoms with Gasteiger partial charge < -0.3 is 5.11 Å². The van der Waals surface area contributed by atoms with Gasteiger partial charge in [0.1, 0.15) is 0 Å². The van der Waals surface area contributed by atoms with Crippen molar-refractivity contribution in [2.45, 2.75) is 109 Å². The zero-order chi connectivity index (χ0) is 13.8. The molecule has 0 amide bonds. The molecule has 0 bridgehead atoms. The molecule has 0 aromatic carbocycles. The van der Waals surface area contributed by atoms with Crippen LogP contribution in [0, 0.1) is 5.92 Å². The topological polar surface area (TPSA) is 20.2 Å². The molecular weight excluding hydrogens is 232 g/mol. The van der Waals surface area contributed by atoms with Crippen molar-refractivity contribution in [2.75, 3.05) is 0 Å². The van der Waals surface area contributed by atoms with Crippen molar-refractivity contribution in [2.24, 2.45) is 5.92 Å². The highest BCUT2D eigenvalue weighted by Crippen LogP contribution is 2.29. The molecule has 1 heteroatoms. The number of rotatable bonds is 12. The Kier molecular flexibility index (Phi) is 10.5. The van der Waals surface area contributed by atoms with Crippen molar-refractivity contribution in [3.8, 4) is 0 Å². The third kappa shape index (κ3) is 9.49. The van der Waals surface area contributed by atoms with Gasteiger partial charge in [-0.2, -0.15) is 0 Å². The van der Waals surface area contributed by atoms with E-state index in [0.717, 1.165) is 18.8 Å². The minimum atomic E-state index is -0.00680. The summed E-state index contributed by atoms with van der Waals surface area (Å²) in [5.74, 6) is 0.841. The molecule has 114 valence electrons. The van der Waals surface area contributed by atoms with Crippen LogP contribution in [0.15, 0.2) is 0 Å². The van der Waals surface area contributed by atoms with E-state index in [9.17, 15) is 5.11 Å². The Labute approximate surface area is 121 Å². The molecule has 1 fully saturated rings. The SMILES string of the molecule is CCCCCCCCCCCC(O)CC1CCCC1. The van der Waals surface area contributed by atoms with Gasteiger partial charge in [0.15, 0.2) is 0 Å². The average Bonchev–Trinajstić information content (AvgIpc) is 2.89. The smallest absolute Gasteiger partial charge is 0.0542 e. The predicted octanol–water partition coefficient (Wildman–Crippen LogP) is 5.85. The van der Waals surface area contributed by atoms with Crippen LogP contribution in [0.3, 0.4) is 0 Å². The van der Waals surface area contributed by atoms with Crippen molar-refractivity contribution in [1.29, 1.82) is 0 Å². The van der Waals surface area contributed by atoms with E-state index in [0.29, 0.717) is 0 Å². The standard InChI is InChI=1S/C18H36O/c1-2-3-4-5-6-7-8-9-10-15-18(19)16-17-13-11-12-14-17/h17-19H,2-16H2,1H3. The molecule has 0 saturated heterocycles. The van der Waals surface area contributed by atoms with Gasteiger partial charge in [-0.1, -0.05) is 90.4 Å². The maximum atomic E-state index is 10.0. The van der Waals surface area contributed by atoms with Crippen molar-refractivity contribution in [3.63, 3.8) is 0 Å². The molecule has 0 spiro atoms. The third-order valence-corrected chi connectivity index (χ3v) is 4.72. The highest BCUT2D eigenvalue weighted by molar-refractivity contribution is 4.71. The first-order valence-electron chi connectivity index (χ1n) is 9.01. The van der Waals surface area contributed by atoms with Gasteiger partial charge in [0.05, 0.1) is 6.10 Å². The van der Waals surface area contributed by atoms with Crippen LogP contribution >= 0.6 is 0 Å². The highest BCUT2D eigenvalue weighted by atomic mass is 16.3. The Morgan fingerprint density at radius 3 is 1.95 bits per heavy atom. The van der Waals surface area contributed by atoms with E-state index < -0.39 is 0 Å². The van der Waals surface area contributed by atoms with Crippen molar-refractivity contribution in [3.05, 3.63) is 0 Å². The first-order chi connectivity index (χ1) is 9.33. The summed E-state index contributed by atoms with van der Waals surface area (Å²) in [6.07, 6.45) is 20.0. The average molecular weight is 268 g/mol. The summed E-state index contributed by atoms with van der Waals surface area (Å²) in [6, 6.07) is 0. The second-order valence-corrected chi connectivity index (χ2v) is 6.66. The molecule has 1 saturated carbocycles. The molecule has 0 radical (unpaired) electrons. The van der Waals surface area contributed by atoms with Crippen LogP contribution in [0.25, 0.3) is 0 Å². The Bertz CT molecular complexity index is 184. The van der Waals surface area contributed by atoms with Gasteiger partial charge in [-0.25, -0.2) is 0 Å². The summed E-state index contributed by atoms with van der Waals surface area (Å²) in [6.45, 7) is 2.27. The van der Waals surface area contributed by atoms with Gasteiger partial charge in [0.25, 0.3) is 0 Å². The Morgan fingerprint density at radius 2 is 1.37 bits per heavy atom. The van der Waals surface area contributed by atoms with Crippen LogP contribution in [0.4, 0.5) is 0 Å². The van der Waals surface area contributed by atoms with Crippen molar-refractivity contribution in [1.82, 2.24) is 0 Å². The lowest BCUT2D eigenvalue weighted by Crippen LogP contribution is -2.11. The predicted molar refractivity (Wildman–Crippen MR) is 84.4 cm³/mol. The number of unbranched alkanes of at least 4 members (excludes halogenated alkanes) is 8. The fourth-order valence-electron chi connectivity index (χ4n) is 3.44. The Morgan fingerprint density at radius 1 is 0.842 bits per heavy atom. The summed E-state index contributed by atoms with van der Waals surface area (Å²) in [4.78, 5) is 0. The molecular formula is C18H36O. The van der Waals surface area contributed by atoms with Gasteiger partial charge >= 0.3 is 0 Å². The number of aliphatic hydroxyl groups is 1. The van der Waals surface area contributed by atoms with E-state index in [1.165, 1.54) is 83.5 Å². The van der Waals surface area contributed by atoms with Crippen LogP contribution in [0.2, 0.25) is 0 Å². The molecule has 0 aromatic rings. The van der Waals surface area contributed by atoms with Crippen molar-refractivity contribution >= 4 is 0 Å². The molecule has 1 atom stereocenters. The first kappa shape index (κ1) is 17.0. The Balaban J connectivity index is 1.79. The van der Waals surface area contributed by atoms with E-state index in [4.69, 9.17) is 0 Å². The van der Waals surface area contributed by atoms with E-state index in [2.05, 4.69) is 6.92 Å². The zero-order valence-corrected chi connectivity index (χ0v) is 13.2. The van der Waals surface area contributed by atoms with Gasteiger partial charge in [-0.3, -0.25) is 0 Å². The minimum absolute atomic E-state index is 0.00680. The largest absolute Gasteiger partial charge is 0.393 e. The second-order valence-electron chi connectivity index (χ2n) is 6.66. The monoisotopic (exact) mass is 268 g/mol. The lowest BCUT2D eigenvalue weighted by molar-refractivity contribution is 0.130. The highest BCUT2D eigenvalue weighted by Gasteiger charge is 2.18. The normalized spacial score (nSPS) is 18.0. The fraction of sp³-hybridized carbons (Fsp3) is 1.00. The molecule has 0 aliphatic heterocycles. The molecule has 1 nitrogen and oxygen atoms in total. The summed E-state index contributed by atoms with van der Waals surface area (Å²) >= 11 is 0. The Hall–Kier alpha value is -0.0400. The van der Waals surface area contributed by atoms with E-state index in [1.54, 1.807) is 0 Å². The first-order valence-corrected chi connectivity index (χ1v) is 9.01. The quantitative estimate of drug-likeness (QED) is 0.440. The molecule has 1 aliphatic carbocycles. The van der Waals surface area contributed by atoms with Gasteiger partial charge in [-0.15, -0.1) is 0 Å². The number of hydrogen-bond donors (Lipinski definition) is 1. The molecule has 0 aromatic heterocycles. The van der Waals surface area contributed by atoms with E-state index >= 15 is 0 Å². The molecule has 1 rings (SSSR count). The summed E-state index contributed by atoms with van der Waals surface area (Å²) < 4.78 is 0. The van der Waals surface area contributed by atoms with Gasteiger partial charge in [0, 0.05) is 0 Å². The lowest BCUT2D eigenvalue weighted by atomic mass is 9.96. The van der Waals surface area contributed by atoms with Gasteiger partial charge in [0.2, 0.25) is 0 Å². The summed E-state index contributed by atoms with van der Waals surface area (Å²) in [5.41, 5.74) is 0. The maximum Gasteiger partial charge on any atom is 0.0542 e. The van der Waals surface area contributed by atoms with Crippen LogP contribution in [-0.4, -0.2) is 11.2 Å².